The second-order valence-electron chi connectivity index (χ2n) is 11.9. The predicted octanol–water partition coefficient (Wildman–Crippen LogP) is 9.58. The molecular formula is C29H39F8NO. The van der Waals surface area contributed by atoms with Gasteiger partial charge in [0.05, 0.1) is 19.0 Å². The zero-order chi connectivity index (χ0) is 28.5. The Hall–Kier alpha value is -1.74. The van der Waals surface area contributed by atoms with Gasteiger partial charge in [0.2, 0.25) is 0 Å². The number of unbranched alkanes of at least 4 members (excludes halogenated alkanes) is 2. The van der Waals surface area contributed by atoms with Crippen molar-refractivity contribution < 1.29 is 39.9 Å². The molecule has 0 spiro atoms. The first-order valence-electron chi connectivity index (χ1n) is 14.3. The number of anilines is 1. The van der Waals surface area contributed by atoms with Crippen molar-refractivity contribution in [2.24, 2.45) is 23.7 Å². The van der Waals surface area contributed by atoms with E-state index in [-0.39, 0.29) is 11.4 Å². The van der Waals surface area contributed by atoms with Gasteiger partial charge in [-0.1, -0.05) is 45.4 Å². The minimum atomic E-state index is -5.48. The Morgan fingerprint density at radius 2 is 1.28 bits per heavy atom. The number of nitrogens with zero attached hydrogens (tertiary/aromatic N) is 1. The third-order valence-corrected chi connectivity index (χ3v) is 9.17. The summed E-state index contributed by atoms with van der Waals surface area (Å²) >= 11 is 0. The van der Waals surface area contributed by atoms with E-state index in [1.165, 1.54) is 51.4 Å². The molecule has 39 heavy (non-hydrogen) atoms. The maximum atomic E-state index is 15.0. The van der Waals surface area contributed by atoms with Crippen molar-refractivity contribution in [1.29, 1.82) is 0 Å². The van der Waals surface area contributed by atoms with Gasteiger partial charge in [0, 0.05) is 5.69 Å². The van der Waals surface area contributed by atoms with Crippen LogP contribution in [0.1, 0.15) is 84.0 Å². The first kappa shape index (κ1) is 30.2. The molecule has 0 bridgehead atoms. The first-order valence-corrected chi connectivity index (χ1v) is 14.3. The summed E-state index contributed by atoms with van der Waals surface area (Å²) in [6, 6.07) is 4.24. The third-order valence-electron chi connectivity index (χ3n) is 9.17. The van der Waals surface area contributed by atoms with Gasteiger partial charge in [0.15, 0.2) is 0 Å². The van der Waals surface area contributed by atoms with Crippen LogP contribution in [-0.2, 0) is 0 Å². The first-order chi connectivity index (χ1) is 18.3. The van der Waals surface area contributed by atoms with Crippen LogP contribution < -0.4 is 9.64 Å². The number of hydrogen-bond acceptors (Lipinski definition) is 2. The topological polar surface area (TPSA) is 12.5 Å². The Balaban J connectivity index is 1.27. The lowest BCUT2D eigenvalue weighted by Gasteiger charge is -2.43. The van der Waals surface area contributed by atoms with E-state index < -0.39 is 42.9 Å². The van der Waals surface area contributed by atoms with Gasteiger partial charge >= 0.3 is 23.9 Å². The Morgan fingerprint density at radius 3 is 1.79 bits per heavy atom. The molecule has 2 nitrogen and oxygen atoms in total. The highest BCUT2D eigenvalue weighted by molar-refractivity contribution is 5.51. The fourth-order valence-corrected chi connectivity index (χ4v) is 6.71. The highest BCUT2D eigenvalue weighted by atomic mass is 19.3. The summed E-state index contributed by atoms with van der Waals surface area (Å²) in [5, 5.41) is 0. The van der Waals surface area contributed by atoms with Crippen LogP contribution in [0.4, 0.5) is 40.8 Å². The number of rotatable bonds is 9. The average Bonchev–Trinajstić information content (AvgIpc) is 2.88. The molecule has 0 aromatic heterocycles. The minimum absolute atomic E-state index is 0.207. The summed E-state index contributed by atoms with van der Waals surface area (Å²) in [5.74, 6) is -14.7. The van der Waals surface area contributed by atoms with Crippen LogP contribution in [0.15, 0.2) is 24.3 Å². The molecule has 4 rings (SSSR count). The second kappa shape index (κ2) is 11.6. The van der Waals surface area contributed by atoms with E-state index in [0.29, 0.717) is 29.6 Å². The number of halogens is 8. The molecule has 1 aromatic rings. The van der Waals surface area contributed by atoms with Gasteiger partial charge < -0.3 is 9.64 Å². The van der Waals surface area contributed by atoms with Gasteiger partial charge in [-0.2, -0.15) is 35.1 Å². The van der Waals surface area contributed by atoms with Gasteiger partial charge in [-0.3, -0.25) is 0 Å². The van der Waals surface area contributed by atoms with Crippen LogP contribution >= 0.6 is 0 Å². The van der Waals surface area contributed by atoms with Gasteiger partial charge in [0.25, 0.3) is 0 Å². The summed E-state index contributed by atoms with van der Waals surface area (Å²) in [5.41, 5.74) is -0.207. The quantitative estimate of drug-likeness (QED) is 0.217. The summed E-state index contributed by atoms with van der Waals surface area (Å²) in [6.45, 7) is -1.02. The fourth-order valence-electron chi connectivity index (χ4n) is 6.71. The minimum Gasteiger partial charge on any atom is -0.432 e. The molecular weight excluding hydrogens is 530 g/mol. The number of hydrogen-bond donors (Lipinski definition) is 0. The van der Waals surface area contributed by atoms with Gasteiger partial charge in [-0.15, -0.1) is 0 Å². The van der Waals surface area contributed by atoms with Crippen LogP contribution in [0.25, 0.3) is 0 Å². The SMILES string of the molecule is CCCCCC1CCC(C2CCC(C(F)(F)Oc3ccc(N4CC(F)(F)C(F)(F)C(F)(F)C4)cc3)CC2)CC1. The van der Waals surface area contributed by atoms with Crippen molar-refractivity contribution in [3.8, 4) is 5.75 Å². The van der Waals surface area contributed by atoms with Gasteiger partial charge in [-0.25, -0.2) is 0 Å². The third kappa shape index (κ3) is 6.61. The predicted molar refractivity (Wildman–Crippen MR) is 134 cm³/mol. The molecule has 0 atom stereocenters. The van der Waals surface area contributed by atoms with E-state index >= 15 is 0 Å². The number of piperidine rings is 1. The smallest absolute Gasteiger partial charge is 0.400 e. The Morgan fingerprint density at radius 1 is 0.769 bits per heavy atom. The molecule has 0 N–H and O–H groups in total. The monoisotopic (exact) mass is 569 g/mol. The molecule has 1 heterocycles. The van der Waals surface area contributed by atoms with Crippen LogP contribution in [0, 0.1) is 23.7 Å². The zero-order valence-corrected chi connectivity index (χ0v) is 22.4. The van der Waals surface area contributed by atoms with Crippen molar-refractivity contribution in [2.45, 2.75) is 108 Å². The Labute approximate surface area is 225 Å². The van der Waals surface area contributed by atoms with Crippen molar-refractivity contribution >= 4 is 5.69 Å². The van der Waals surface area contributed by atoms with E-state index in [2.05, 4.69) is 6.92 Å². The highest BCUT2D eigenvalue weighted by Crippen LogP contribution is 2.50. The number of alkyl halides is 8. The maximum absolute atomic E-state index is 15.0. The van der Waals surface area contributed by atoms with Crippen LogP contribution in [-0.4, -0.2) is 37.0 Å². The molecule has 1 aromatic carbocycles. The largest absolute Gasteiger partial charge is 0.432 e. The standard InChI is InChI=1S/C29H39F8NO/c1-2-3-4-5-20-6-8-21(9-7-20)22-10-12-23(13-11-22)28(34,35)39-25-16-14-24(15-17-25)38-18-26(30,31)29(36,37)27(32,33)19-38/h14-17,20-23H,2-13,18-19H2,1H3. The summed E-state index contributed by atoms with van der Waals surface area (Å²) in [6.07, 6.45) is 8.63. The number of benzene rings is 1. The molecule has 10 heteroatoms. The number of ether oxygens (including phenoxy) is 1. The molecule has 1 aliphatic heterocycles. The normalized spacial score (nSPS) is 30.6. The molecule has 2 aliphatic carbocycles. The summed E-state index contributed by atoms with van der Waals surface area (Å²) in [7, 11) is 0. The lowest BCUT2D eigenvalue weighted by atomic mass is 9.68. The molecule has 3 aliphatic rings. The van der Waals surface area contributed by atoms with Gasteiger partial charge in [0.1, 0.15) is 5.75 Å². The Bertz CT molecular complexity index is 902. The van der Waals surface area contributed by atoms with Crippen LogP contribution in [0.5, 0.6) is 5.75 Å². The maximum Gasteiger partial charge on any atom is 0.400 e. The lowest BCUT2D eigenvalue weighted by Crippen LogP contribution is -2.67. The molecule has 0 amide bonds. The van der Waals surface area contributed by atoms with E-state index in [1.54, 1.807) is 0 Å². The van der Waals surface area contributed by atoms with Crippen LogP contribution in [0.3, 0.4) is 0 Å². The van der Waals surface area contributed by atoms with Crippen molar-refractivity contribution in [3.05, 3.63) is 24.3 Å². The Kier molecular flexibility index (Phi) is 9.01. The van der Waals surface area contributed by atoms with Crippen LogP contribution in [0.2, 0.25) is 0 Å². The van der Waals surface area contributed by atoms with Crippen molar-refractivity contribution in [3.63, 3.8) is 0 Å². The zero-order valence-electron chi connectivity index (χ0n) is 22.4. The van der Waals surface area contributed by atoms with E-state index in [4.69, 9.17) is 4.74 Å². The fraction of sp³-hybridized carbons (Fsp3) is 0.793. The van der Waals surface area contributed by atoms with Crippen molar-refractivity contribution in [2.75, 3.05) is 18.0 Å². The van der Waals surface area contributed by atoms with E-state index in [1.807, 2.05) is 0 Å². The molecule has 1 saturated heterocycles. The molecule has 0 unspecified atom stereocenters. The lowest BCUT2D eigenvalue weighted by molar-refractivity contribution is -0.314. The summed E-state index contributed by atoms with van der Waals surface area (Å²) < 4.78 is 117. The molecule has 222 valence electrons. The van der Waals surface area contributed by atoms with Gasteiger partial charge in [-0.05, 0) is 80.5 Å². The van der Waals surface area contributed by atoms with Crippen molar-refractivity contribution in [1.82, 2.24) is 0 Å². The average molecular weight is 570 g/mol. The molecule has 0 radical (unpaired) electrons. The van der Waals surface area contributed by atoms with E-state index in [0.717, 1.165) is 43.0 Å². The summed E-state index contributed by atoms with van der Waals surface area (Å²) in [4.78, 5) is 0.430. The van der Waals surface area contributed by atoms with E-state index in [9.17, 15) is 35.1 Å². The highest BCUT2D eigenvalue weighted by Gasteiger charge is 2.74. The second-order valence-corrected chi connectivity index (χ2v) is 11.9. The molecule has 2 saturated carbocycles. The molecule has 3 fully saturated rings.